The second-order valence-corrected chi connectivity index (χ2v) is 6.50. The topological polar surface area (TPSA) is 37.3 Å². The van der Waals surface area contributed by atoms with Crippen LogP contribution in [0.5, 0.6) is 0 Å². The van der Waals surface area contributed by atoms with E-state index in [0.29, 0.717) is 0 Å². The molecule has 0 aliphatic heterocycles. The summed E-state index contributed by atoms with van der Waals surface area (Å²) in [4.78, 5) is 9.00. The van der Waals surface area contributed by atoms with E-state index in [1.165, 1.54) is 25.7 Å². The molecule has 0 amide bonds. The van der Waals surface area contributed by atoms with E-state index in [4.69, 9.17) is 30.3 Å². The maximum absolute atomic E-state index is 9.00. The average Bonchev–Trinajstić information content (AvgIpc) is 1.97. The number of unbranched alkanes of at least 4 members (excludes halogenated alkanes) is 3. The van der Waals surface area contributed by atoms with Crippen molar-refractivity contribution in [1.29, 1.82) is 0 Å². The van der Waals surface area contributed by atoms with Crippen LogP contribution in [0.1, 0.15) is 39.5 Å². The Labute approximate surface area is 92.8 Å². The Bertz CT molecular complexity index is 117. The quantitative estimate of drug-likeness (QED) is 0.608. The fourth-order valence-corrected chi connectivity index (χ4v) is 1.80. The fourth-order valence-electron chi connectivity index (χ4n) is 0.590. The molecule has 0 aromatic heterocycles. The molecule has 0 aliphatic carbocycles. The van der Waals surface area contributed by atoms with Gasteiger partial charge in [-0.15, -0.1) is 0 Å². The van der Waals surface area contributed by atoms with Crippen molar-refractivity contribution >= 4 is 26.4 Å². The van der Waals surface area contributed by atoms with Gasteiger partial charge in [0, 0.05) is 6.92 Å². The van der Waals surface area contributed by atoms with Crippen LogP contribution in [0.3, 0.4) is 0 Å². The van der Waals surface area contributed by atoms with Crippen molar-refractivity contribution in [1.82, 2.24) is 0 Å². The van der Waals surface area contributed by atoms with Gasteiger partial charge >= 0.3 is 70.0 Å². The van der Waals surface area contributed by atoms with Crippen molar-refractivity contribution in [3.8, 4) is 0 Å². The van der Waals surface area contributed by atoms with Crippen molar-refractivity contribution < 1.29 is 21.5 Å². The van der Waals surface area contributed by atoms with Crippen LogP contribution in [0.2, 0.25) is 5.39 Å². The molecule has 0 saturated carbocycles. The normalized spacial score (nSPS) is 10.0. The Hall–Kier alpha value is 0.544. The fraction of sp³-hybridized carbons (Fsp3) is 0.875. The van der Waals surface area contributed by atoms with E-state index in [0.717, 1.165) is 12.3 Å². The van der Waals surface area contributed by atoms with Crippen LogP contribution in [-0.4, -0.2) is 11.1 Å². The monoisotopic (exact) mass is 273 g/mol. The zero-order chi connectivity index (χ0) is 10.7. The molecule has 0 fully saturated rings. The Morgan fingerprint density at radius 2 is 1.77 bits per heavy atom. The van der Waals surface area contributed by atoms with E-state index in [2.05, 4.69) is 6.92 Å². The molecule has 0 aliphatic rings. The van der Waals surface area contributed by atoms with Gasteiger partial charge in [0.2, 0.25) is 0 Å². The molecule has 85 valence electrons. The molecule has 13 heavy (non-hydrogen) atoms. The van der Waals surface area contributed by atoms with Gasteiger partial charge in [-0.3, -0.25) is 4.79 Å². The van der Waals surface area contributed by atoms with Gasteiger partial charge in [0.1, 0.15) is 0 Å². The number of rotatable bonds is 5. The first-order chi connectivity index (χ1) is 6.00. The van der Waals surface area contributed by atoms with Crippen molar-refractivity contribution in [2.45, 2.75) is 44.9 Å². The van der Waals surface area contributed by atoms with E-state index in [1.807, 2.05) is 0 Å². The average molecular weight is 275 g/mol. The van der Waals surface area contributed by atoms with E-state index >= 15 is 0 Å². The van der Waals surface area contributed by atoms with Gasteiger partial charge in [0.25, 0.3) is 5.97 Å². The Morgan fingerprint density at radius 1 is 1.31 bits per heavy atom. The summed E-state index contributed by atoms with van der Waals surface area (Å²) in [5.74, 6) is -0.833. The first kappa shape index (κ1) is 16.0. The van der Waals surface area contributed by atoms with Crippen LogP contribution in [0.15, 0.2) is 0 Å². The van der Waals surface area contributed by atoms with E-state index in [-0.39, 0.29) is 0 Å². The van der Waals surface area contributed by atoms with E-state index in [9.17, 15) is 0 Å². The number of hydrogen-bond acceptors (Lipinski definition) is 1. The molecule has 0 spiro atoms. The summed E-state index contributed by atoms with van der Waals surface area (Å²) in [6.07, 6.45) is 5.06. The van der Waals surface area contributed by atoms with Gasteiger partial charge < -0.3 is 5.11 Å². The minimum absolute atomic E-state index is 0.486. The summed E-state index contributed by atoms with van der Waals surface area (Å²) in [7, 11) is 11.1. The van der Waals surface area contributed by atoms with Gasteiger partial charge in [-0.1, -0.05) is 0 Å². The van der Waals surface area contributed by atoms with E-state index in [1.54, 1.807) is 0 Å². The van der Waals surface area contributed by atoms with Crippen LogP contribution >= 0.6 is 20.4 Å². The molecule has 0 bridgehead atoms. The number of carboxylic acids is 1. The summed E-state index contributed by atoms with van der Waals surface area (Å²) in [5.41, 5.74) is 0. The van der Waals surface area contributed by atoms with Gasteiger partial charge in [0.05, 0.1) is 0 Å². The van der Waals surface area contributed by atoms with Crippen LogP contribution in [0, 0.1) is 0 Å². The number of hydrogen-bond donors (Lipinski definition) is 1. The third-order valence-electron chi connectivity index (χ3n) is 1.08. The molecule has 0 rings (SSSR count). The summed E-state index contributed by atoms with van der Waals surface area (Å²) >= 11 is -0.486. The third-order valence-corrected chi connectivity index (χ3v) is 2.79. The Kier molecular flexibility index (Phi) is 15.4. The number of halogens is 2. The molecule has 0 aromatic rings. The predicted molar refractivity (Wildman–Crippen MR) is 54.0 cm³/mol. The molecular formula is C8H17Cl2NiO2. The zero-order valence-electron chi connectivity index (χ0n) is 7.96. The van der Waals surface area contributed by atoms with Crippen LogP contribution in [0.25, 0.3) is 0 Å². The molecule has 5 heteroatoms. The molecule has 1 N–H and O–H groups in total. The number of carbonyl (C=O) groups is 1. The van der Waals surface area contributed by atoms with Crippen LogP contribution in [0.4, 0.5) is 0 Å². The first-order valence-corrected chi connectivity index (χ1v) is 7.51. The second kappa shape index (κ2) is 12.5. The summed E-state index contributed by atoms with van der Waals surface area (Å²) in [5, 5.41) is 8.41. The van der Waals surface area contributed by atoms with E-state index < -0.39 is 17.6 Å². The summed E-state index contributed by atoms with van der Waals surface area (Å²) in [6, 6.07) is 0. The van der Waals surface area contributed by atoms with Gasteiger partial charge in [-0.2, -0.15) is 0 Å². The van der Waals surface area contributed by atoms with Gasteiger partial charge in [0.15, 0.2) is 0 Å². The number of aliphatic carboxylic acids is 1. The van der Waals surface area contributed by atoms with Crippen molar-refractivity contribution in [2.24, 2.45) is 0 Å². The Balaban J connectivity index is 0. The standard InChI is InChI=1S/C6H13.C2H4O2.2ClH.Ni/c1-3-5-6-4-2;1-2(3)4;;;/h1,3-6H2,2H3;1H3,(H,3,4);2*1H;/q;;;;+2/p-2. The predicted octanol–water partition coefficient (Wildman–Crippen LogP) is 4.00. The zero-order valence-corrected chi connectivity index (χ0v) is 10.5. The molecule has 0 aromatic carbocycles. The SMILES string of the molecule is CC(=O)O.CCCCC[CH2][Ni]([Cl])[Cl]. The van der Waals surface area contributed by atoms with Crippen LogP contribution in [-0.2, 0) is 16.4 Å². The van der Waals surface area contributed by atoms with Crippen molar-refractivity contribution in [3.63, 3.8) is 0 Å². The molecule has 2 nitrogen and oxygen atoms in total. The van der Waals surface area contributed by atoms with Crippen LogP contribution < -0.4 is 0 Å². The Morgan fingerprint density at radius 3 is 2.08 bits per heavy atom. The first-order valence-electron chi connectivity index (χ1n) is 4.10. The van der Waals surface area contributed by atoms with Crippen molar-refractivity contribution in [3.05, 3.63) is 0 Å². The summed E-state index contributed by atoms with van der Waals surface area (Å²) in [6.45, 7) is 3.28. The van der Waals surface area contributed by atoms with Gasteiger partial charge in [-0.05, 0) is 0 Å². The molecular weight excluding hydrogens is 258 g/mol. The molecule has 0 saturated heterocycles. The molecule has 0 atom stereocenters. The van der Waals surface area contributed by atoms with Crippen molar-refractivity contribution in [2.75, 3.05) is 0 Å². The molecule has 0 radical (unpaired) electrons. The number of carboxylic acid groups (broad SMARTS) is 1. The minimum atomic E-state index is -0.833. The molecule has 0 heterocycles. The maximum atomic E-state index is 9.00. The molecule has 0 unspecified atom stereocenters. The van der Waals surface area contributed by atoms with Gasteiger partial charge in [-0.25, -0.2) is 0 Å². The summed E-state index contributed by atoms with van der Waals surface area (Å²) < 4.78 is 0. The second-order valence-electron chi connectivity index (χ2n) is 2.45. The third kappa shape index (κ3) is 32.6.